The van der Waals surface area contributed by atoms with E-state index in [0.717, 1.165) is 18.4 Å². The lowest BCUT2D eigenvalue weighted by Crippen LogP contribution is -2.13. The first-order valence-electron chi connectivity index (χ1n) is 6.04. The van der Waals surface area contributed by atoms with Crippen molar-refractivity contribution in [3.05, 3.63) is 34.9 Å². The zero-order chi connectivity index (χ0) is 11.7. The molecule has 1 saturated carbocycles. The van der Waals surface area contributed by atoms with Crippen LogP contribution < -0.4 is 0 Å². The Morgan fingerprint density at radius 3 is 2.62 bits per heavy atom. The summed E-state index contributed by atoms with van der Waals surface area (Å²) in [6.45, 7) is 3.92. The van der Waals surface area contributed by atoms with Crippen molar-refractivity contribution in [2.75, 3.05) is 0 Å². The van der Waals surface area contributed by atoms with Crippen LogP contribution in [0.4, 0.5) is 8.78 Å². The molecular formula is C14H18F2. The lowest BCUT2D eigenvalue weighted by atomic mass is 9.77. The van der Waals surface area contributed by atoms with Crippen LogP contribution in [-0.4, -0.2) is 0 Å². The molecule has 0 N–H and O–H groups in total. The molecule has 2 heteroatoms. The van der Waals surface area contributed by atoms with Crippen LogP contribution in [0.15, 0.2) is 12.1 Å². The quantitative estimate of drug-likeness (QED) is 0.655. The highest BCUT2D eigenvalue weighted by Gasteiger charge is 2.23. The number of halogens is 2. The van der Waals surface area contributed by atoms with Crippen molar-refractivity contribution in [3.63, 3.8) is 0 Å². The zero-order valence-corrected chi connectivity index (χ0v) is 9.89. The van der Waals surface area contributed by atoms with Crippen molar-refractivity contribution >= 4 is 0 Å². The van der Waals surface area contributed by atoms with Gasteiger partial charge in [-0.05, 0) is 48.8 Å². The van der Waals surface area contributed by atoms with Crippen LogP contribution in [0, 0.1) is 24.5 Å². The fourth-order valence-corrected chi connectivity index (χ4v) is 2.83. The number of hydrogen-bond donors (Lipinski definition) is 0. The highest BCUT2D eigenvalue weighted by atomic mass is 19.2. The van der Waals surface area contributed by atoms with Crippen LogP contribution in [0.5, 0.6) is 0 Å². The second kappa shape index (κ2) is 4.52. The molecular weight excluding hydrogens is 206 g/mol. The summed E-state index contributed by atoms with van der Waals surface area (Å²) in [5, 5.41) is 0. The first kappa shape index (κ1) is 11.6. The van der Waals surface area contributed by atoms with Gasteiger partial charge in [-0.1, -0.05) is 25.8 Å². The van der Waals surface area contributed by atoms with Gasteiger partial charge in [-0.3, -0.25) is 0 Å². The summed E-state index contributed by atoms with van der Waals surface area (Å²) in [6, 6.07) is 3.02. The molecule has 1 aromatic carbocycles. The van der Waals surface area contributed by atoms with Gasteiger partial charge in [0, 0.05) is 0 Å². The smallest absolute Gasteiger partial charge is 0.162 e. The maximum atomic E-state index is 13.5. The van der Waals surface area contributed by atoms with Gasteiger partial charge in [0.1, 0.15) is 0 Å². The Bertz CT molecular complexity index is 385. The minimum Gasteiger partial charge on any atom is -0.204 e. The van der Waals surface area contributed by atoms with E-state index in [9.17, 15) is 8.78 Å². The standard InChI is InChI=1S/C14H18F2/c1-9-4-3-5-11(8-9)12-6-7-13(15)14(16)10(12)2/h6-7,9,11H,3-5,8H2,1-2H3. The van der Waals surface area contributed by atoms with Gasteiger partial charge in [-0.25, -0.2) is 8.78 Å². The topological polar surface area (TPSA) is 0 Å². The third kappa shape index (κ3) is 2.11. The summed E-state index contributed by atoms with van der Waals surface area (Å²) in [6.07, 6.45) is 4.67. The number of hydrogen-bond acceptors (Lipinski definition) is 0. The van der Waals surface area contributed by atoms with Crippen molar-refractivity contribution in [3.8, 4) is 0 Å². The first-order chi connectivity index (χ1) is 7.59. The minimum atomic E-state index is -0.731. The van der Waals surface area contributed by atoms with E-state index in [1.807, 2.05) is 0 Å². The van der Waals surface area contributed by atoms with Crippen molar-refractivity contribution in [2.45, 2.75) is 45.4 Å². The van der Waals surface area contributed by atoms with Crippen molar-refractivity contribution < 1.29 is 8.78 Å². The van der Waals surface area contributed by atoms with Crippen molar-refractivity contribution in [1.82, 2.24) is 0 Å². The molecule has 2 rings (SSSR count). The highest BCUT2D eigenvalue weighted by Crippen LogP contribution is 2.37. The summed E-state index contributed by atoms with van der Waals surface area (Å²) in [5.41, 5.74) is 1.50. The molecule has 1 aliphatic carbocycles. The Morgan fingerprint density at radius 2 is 1.94 bits per heavy atom. The van der Waals surface area contributed by atoms with E-state index >= 15 is 0 Å². The van der Waals surface area contributed by atoms with Crippen LogP contribution in [0.25, 0.3) is 0 Å². The number of benzene rings is 1. The third-order valence-corrected chi connectivity index (χ3v) is 3.76. The Morgan fingerprint density at radius 1 is 1.19 bits per heavy atom. The largest absolute Gasteiger partial charge is 0.204 e. The highest BCUT2D eigenvalue weighted by molar-refractivity contribution is 5.31. The lowest BCUT2D eigenvalue weighted by Gasteiger charge is -2.28. The van der Waals surface area contributed by atoms with E-state index in [0.29, 0.717) is 17.4 Å². The molecule has 2 unspecified atom stereocenters. The fourth-order valence-electron chi connectivity index (χ4n) is 2.83. The van der Waals surface area contributed by atoms with Crippen LogP contribution in [-0.2, 0) is 0 Å². The summed E-state index contributed by atoms with van der Waals surface area (Å²) >= 11 is 0. The maximum absolute atomic E-state index is 13.5. The Balaban J connectivity index is 2.29. The molecule has 0 aliphatic heterocycles. The molecule has 0 saturated heterocycles. The molecule has 0 amide bonds. The summed E-state index contributed by atoms with van der Waals surface area (Å²) in [4.78, 5) is 0. The first-order valence-corrected chi connectivity index (χ1v) is 6.04. The molecule has 0 heterocycles. The molecule has 0 bridgehead atoms. The second-order valence-electron chi connectivity index (χ2n) is 5.04. The van der Waals surface area contributed by atoms with Crippen molar-refractivity contribution in [1.29, 1.82) is 0 Å². The molecule has 1 aromatic rings. The Hall–Kier alpha value is -0.920. The summed E-state index contributed by atoms with van der Waals surface area (Å²) in [7, 11) is 0. The summed E-state index contributed by atoms with van der Waals surface area (Å²) in [5.74, 6) is -0.286. The molecule has 0 nitrogen and oxygen atoms in total. The predicted octanol–water partition coefficient (Wildman–Crippen LogP) is 4.57. The maximum Gasteiger partial charge on any atom is 0.162 e. The van der Waals surface area contributed by atoms with Gasteiger partial charge in [-0.2, -0.15) is 0 Å². The normalized spacial score (nSPS) is 25.8. The van der Waals surface area contributed by atoms with E-state index < -0.39 is 11.6 Å². The van der Waals surface area contributed by atoms with E-state index in [2.05, 4.69) is 6.92 Å². The van der Waals surface area contributed by atoms with E-state index in [-0.39, 0.29) is 0 Å². The van der Waals surface area contributed by atoms with Crippen molar-refractivity contribution in [2.24, 2.45) is 5.92 Å². The van der Waals surface area contributed by atoms with Crippen LogP contribution >= 0.6 is 0 Å². The average molecular weight is 224 g/mol. The van der Waals surface area contributed by atoms with E-state index in [1.165, 1.54) is 18.9 Å². The van der Waals surface area contributed by atoms with Gasteiger partial charge in [0.15, 0.2) is 11.6 Å². The molecule has 2 atom stereocenters. The van der Waals surface area contributed by atoms with Gasteiger partial charge in [0.05, 0.1) is 0 Å². The molecule has 0 radical (unpaired) electrons. The van der Waals surface area contributed by atoms with E-state index in [1.54, 1.807) is 13.0 Å². The minimum absolute atomic E-state index is 0.416. The van der Waals surface area contributed by atoms with E-state index in [4.69, 9.17) is 0 Å². The Kier molecular flexibility index (Phi) is 3.27. The second-order valence-corrected chi connectivity index (χ2v) is 5.04. The molecule has 1 fully saturated rings. The van der Waals surface area contributed by atoms with Crippen LogP contribution in [0.1, 0.15) is 49.7 Å². The monoisotopic (exact) mass is 224 g/mol. The molecule has 16 heavy (non-hydrogen) atoms. The average Bonchev–Trinajstić information content (AvgIpc) is 2.26. The van der Waals surface area contributed by atoms with Gasteiger partial charge < -0.3 is 0 Å². The van der Waals surface area contributed by atoms with Gasteiger partial charge in [0.2, 0.25) is 0 Å². The van der Waals surface area contributed by atoms with Gasteiger partial charge >= 0.3 is 0 Å². The van der Waals surface area contributed by atoms with Crippen LogP contribution in [0.3, 0.4) is 0 Å². The zero-order valence-electron chi connectivity index (χ0n) is 9.89. The Labute approximate surface area is 95.7 Å². The molecule has 88 valence electrons. The van der Waals surface area contributed by atoms with Crippen LogP contribution in [0.2, 0.25) is 0 Å². The molecule has 0 spiro atoms. The molecule has 1 aliphatic rings. The third-order valence-electron chi connectivity index (χ3n) is 3.76. The van der Waals surface area contributed by atoms with Gasteiger partial charge in [0.25, 0.3) is 0 Å². The molecule has 0 aromatic heterocycles. The van der Waals surface area contributed by atoms with Gasteiger partial charge in [-0.15, -0.1) is 0 Å². The SMILES string of the molecule is Cc1c(C2CCCC(C)C2)ccc(F)c1F. The summed E-state index contributed by atoms with van der Waals surface area (Å²) < 4.78 is 26.5. The fraction of sp³-hybridized carbons (Fsp3) is 0.571. The lowest BCUT2D eigenvalue weighted by molar-refractivity contribution is 0.342. The number of rotatable bonds is 1. The predicted molar refractivity (Wildman–Crippen MR) is 61.5 cm³/mol.